The van der Waals surface area contributed by atoms with Gasteiger partial charge in [-0.15, -0.1) is 12.4 Å². The van der Waals surface area contributed by atoms with Gasteiger partial charge in [0.25, 0.3) is 5.91 Å². The largest absolute Gasteiger partial charge is 0.289 e. The molecule has 0 aliphatic heterocycles. The van der Waals surface area contributed by atoms with E-state index in [0.717, 1.165) is 11.6 Å². The molecule has 2 N–H and O–H groups in total. The second kappa shape index (κ2) is 9.30. The van der Waals surface area contributed by atoms with Gasteiger partial charge in [-0.05, 0) is 29.9 Å². The molecule has 0 saturated heterocycles. The number of amides is 1. The molecule has 2 aromatic rings. The molecule has 23 heavy (non-hydrogen) atoms. The predicted octanol–water partition coefficient (Wildman–Crippen LogP) is 2.92. The minimum absolute atomic E-state index is 0. The van der Waals surface area contributed by atoms with E-state index in [2.05, 4.69) is 4.98 Å². The number of carbonyl (C=O) groups is 2. The van der Waals surface area contributed by atoms with Crippen molar-refractivity contribution < 1.29 is 14.8 Å². The molecule has 0 spiro atoms. The summed E-state index contributed by atoms with van der Waals surface area (Å²) in [5.74, 6) is -0.705. The van der Waals surface area contributed by atoms with Crippen LogP contribution in [0.5, 0.6) is 0 Å². The summed E-state index contributed by atoms with van der Waals surface area (Å²) < 4.78 is 0. The van der Waals surface area contributed by atoms with Crippen LogP contribution in [0.2, 0.25) is 0 Å². The van der Waals surface area contributed by atoms with Crippen LogP contribution in [0.4, 0.5) is 0 Å². The number of pyridine rings is 1. The van der Waals surface area contributed by atoms with E-state index in [1.54, 1.807) is 36.5 Å². The molecular formula is C17H15ClN2O3. The number of hydrogen-bond acceptors (Lipinski definition) is 4. The van der Waals surface area contributed by atoms with E-state index in [-0.39, 0.29) is 18.2 Å². The Morgan fingerprint density at radius 1 is 1.00 bits per heavy atom. The van der Waals surface area contributed by atoms with E-state index in [0.29, 0.717) is 11.3 Å². The highest BCUT2D eigenvalue weighted by Gasteiger charge is 1.99. The molecule has 0 unspecified atom stereocenters. The van der Waals surface area contributed by atoms with Crippen molar-refractivity contribution in [3.05, 3.63) is 77.6 Å². The lowest BCUT2D eigenvalue weighted by Gasteiger charge is -1.96. The number of hydrogen-bond donors (Lipinski definition) is 2. The first kappa shape index (κ1) is 18.3. The summed E-state index contributed by atoms with van der Waals surface area (Å²) >= 11 is 0. The molecule has 6 heteroatoms. The highest BCUT2D eigenvalue weighted by Crippen LogP contribution is 2.06. The van der Waals surface area contributed by atoms with Crippen LogP contribution >= 0.6 is 12.4 Å². The van der Waals surface area contributed by atoms with Gasteiger partial charge in [-0.1, -0.05) is 36.4 Å². The third kappa shape index (κ3) is 5.86. The Labute approximate surface area is 139 Å². The molecule has 1 aromatic heterocycles. The van der Waals surface area contributed by atoms with Crippen LogP contribution in [-0.4, -0.2) is 21.9 Å². The lowest BCUT2D eigenvalue weighted by molar-refractivity contribution is -0.124. The minimum Gasteiger partial charge on any atom is -0.289 e. The van der Waals surface area contributed by atoms with Gasteiger partial charge in [0.15, 0.2) is 5.78 Å². The summed E-state index contributed by atoms with van der Waals surface area (Å²) in [4.78, 5) is 26.9. The van der Waals surface area contributed by atoms with Crippen molar-refractivity contribution in [2.24, 2.45) is 0 Å². The lowest BCUT2D eigenvalue weighted by atomic mass is 10.1. The molecule has 0 aliphatic carbocycles. The summed E-state index contributed by atoms with van der Waals surface area (Å²) in [5.41, 5.74) is 3.46. The predicted molar refractivity (Wildman–Crippen MR) is 90.3 cm³/mol. The molecule has 0 aliphatic rings. The van der Waals surface area contributed by atoms with E-state index in [4.69, 9.17) is 5.21 Å². The van der Waals surface area contributed by atoms with Gasteiger partial charge in [0.2, 0.25) is 0 Å². The standard InChI is InChI=1S/C17H14N2O3.ClH/c20-16(14-4-2-1-3-5-14)10-7-13-6-8-15(18-12-13)9-11-17(21)19-22;/h1-12,22H,(H,19,21);1H. The fourth-order valence-corrected chi connectivity index (χ4v) is 1.68. The number of halogens is 1. The number of nitrogens with zero attached hydrogens (tertiary/aromatic N) is 1. The molecule has 1 amide bonds. The van der Waals surface area contributed by atoms with Crippen LogP contribution in [0, 0.1) is 0 Å². The van der Waals surface area contributed by atoms with E-state index < -0.39 is 5.91 Å². The highest BCUT2D eigenvalue weighted by atomic mass is 35.5. The van der Waals surface area contributed by atoms with Crippen molar-refractivity contribution in [1.29, 1.82) is 0 Å². The molecule has 0 fully saturated rings. The average molecular weight is 331 g/mol. The Balaban J connectivity index is 0.00000264. The van der Waals surface area contributed by atoms with Crippen molar-refractivity contribution in [3.63, 3.8) is 0 Å². The van der Waals surface area contributed by atoms with Crippen molar-refractivity contribution in [2.45, 2.75) is 0 Å². The fourth-order valence-electron chi connectivity index (χ4n) is 1.68. The number of carbonyl (C=O) groups excluding carboxylic acids is 2. The van der Waals surface area contributed by atoms with E-state index >= 15 is 0 Å². The zero-order valence-electron chi connectivity index (χ0n) is 12.0. The van der Waals surface area contributed by atoms with Crippen LogP contribution in [-0.2, 0) is 4.79 Å². The van der Waals surface area contributed by atoms with Gasteiger partial charge in [-0.3, -0.25) is 19.8 Å². The Kier molecular flexibility index (Phi) is 7.39. The maximum absolute atomic E-state index is 11.9. The summed E-state index contributed by atoms with van der Waals surface area (Å²) in [6.07, 6.45) is 7.38. The molecule has 1 heterocycles. The molecule has 5 nitrogen and oxygen atoms in total. The second-order valence-corrected chi connectivity index (χ2v) is 4.39. The van der Waals surface area contributed by atoms with Crippen LogP contribution in [0.25, 0.3) is 12.2 Å². The number of nitrogens with one attached hydrogen (secondary N) is 1. The van der Waals surface area contributed by atoms with Gasteiger partial charge >= 0.3 is 0 Å². The van der Waals surface area contributed by atoms with Gasteiger partial charge in [-0.25, -0.2) is 5.48 Å². The summed E-state index contributed by atoms with van der Waals surface area (Å²) in [6.45, 7) is 0. The van der Waals surface area contributed by atoms with Gasteiger partial charge in [0, 0.05) is 17.8 Å². The third-order valence-corrected chi connectivity index (χ3v) is 2.81. The summed E-state index contributed by atoms with van der Waals surface area (Å²) in [6, 6.07) is 12.5. The molecule has 1 aromatic carbocycles. The second-order valence-electron chi connectivity index (χ2n) is 4.39. The van der Waals surface area contributed by atoms with Crippen molar-refractivity contribution in [1.82, 2.24) is 10.5 Å². The number of allylic oxidation sites excluding steroid dienone is 1. The molecular weight excluding hydrogens is 316 g/mol. The van der Waals surface area contributed by atoms with Crippen molar-refractivity contribution >= 4 is 36.2 Å². The molecule has 0 saturated carbocycles. The normalized spacial score (nSPS) is 10.5. The Bertz CT molecular complexity index is 710. The highest BCUT2D eigenvalue weighted by molar-refractivity contribution is 6.06. The molecule has 0 atom stereocenters. The molecule has 2 rings (SSSR count). The van der Waals surface area contributed by atoms with E-state index in [1.807, 2.05) is 18.2 Å². The smallest absolute Gasteiger partial charge is 0.267 e. The zero-order valence-corrected chi connectivity index (χ0v) is 12.9. The fraction of sp³-hybridized carbons (Fsp3) is 0. The third-order valence-electron chi connectivity index (χ3n) is 2.81. The molecule has 118 valence electrons. The number of aromatic nitrogens is 1. The quantitative estimate of drug-likeness (QED) is 0.382. The SMILES string of the molecule is Cl.O=C(C=Cc1ccc(C=CC(=O)c2ccccc2)cn1)NO. The zero-order chi connectivity index (χ0) is 15.8. The van der Waals surface area contributed by atoms with Gasteiger partial charge in [0.1, 0.15) is 0 Å². The topological polar surface area (TPSA) is 79.3 Å². The van der Waals surface area contributed by atoms with Crippen LogP contribution in [0.15, 0.2) is 60.8 Å². The van der Waals surface area contributed by atoms with Gasteiger partial charge in [0.05, 0.1) is 5.69 Å². The Hall–Kier alpha value is -2.76. The molecule has 0 bridgehead atoms. The van der Waals surface area contributed by atoms with Crippen LogP contribution < -0.4 is 5.48 Å². The lowest BCUT2D eigenvalue weighted by Crippen LogP contribution is -2.14. The summed E-state index contributed by atoms with van der Waals surface area (Å²) in [7, 11) is 0. The number of hydroxylamine groups is 1. The van der Waals surface area contributed by atoms with Crippen LogP contribution in [0.1, 0.15) is 21.6 Å². The molecule has 0 radical (unpaired) electrons. The monoisotopic (exact) mass is 330 g/mol. The van der Waals surface area contributed by atoms with Crippen molar-refractivity contribution in [3.8, 4) is 0 Å². The van der Waals surface area contributed by atoms with E-state index in [1.165, 1.54) is 17.6 Å². The van der Waals surface area contributed by atoms with Gasteiger partial charge in [-0.2, -0.15) is 0 Å². The maximum Gasteiger partial charge on any atom is 0.267 e. The maximum atomic E-state index is 11.9. The number of benzene rings is 1. The first-order chi connectivity index (χ1) is 10.7. The van der Waals surface area contributed by atoms with Gasteiger partial charge < -0.3 is 0 Å². The Morgan fingerprint density at radius 2 is 1.74 bits per heavy atom. The first-order valence-corrected chi connectivity index (χ1v) is 6.55. The number of ketones is 1. The number of rotatable bonds is 5. The minimum atomic E-state index is -0.626. The first-order valence-electron chi connectivity index (χ1n) is 6.55. The summed E-state index contributed by atoms with van der Waals surface area (Å²) in [5, 5.41) is 8.36. The van der Waals surface area contributed by atoms with Crippen molar-refractivity contribution in [2.75, 3.05) is 0 Å². The van der Waals surface area contributed by atoms with Crippen LogP contribution in [0.3, 0.4) is 0 Å². The average Bonchev–Trinajstić information content (AvgIpc) is 2.59. The Morgan fingerprint density at radius 3 is 2.35 bits per heavy atom. The van der Waals surface area contributed by atoms with E-state index in [9.17, 15) is 9.59 Å².